The Bertz CT molecular complexity index is 733. The molecule has 2 heterocycles. The van der Waals surface area contributed by atoms with Crippen LogP contribution in [0.1, 0.15) is 51.8 Å². The summed E-state index contributed by atoms with van der Waals surface area (Å²) in [5, 5.41) is 4.53. The maximum atomic E-state index is 6.34. The van der Waals surface area contributed by atoms with E-state index in [1.807, 2.05) is 18.7 Å². The lowest BCUT2D eigenvalue weighted by Crippen LogP contribution is -2.38. The quantitative estimate of drug-likeness (QED) is 0.877. The molecule has 114 valence electrons. The topological polar surface area (TPSA) is 61.7 Å². The van der Waals surface area contributed by atoms with Gasteiger partial charge in [-0.3, -0.25) is 9.25 Å². The van der Waals surface area contributed by atoms with Gasteiger partial charge in [0.05, 0.1) is 5.69 Å². The second-order valence-corrected chi connectivity index (χ2v) is 8.04. The molecule has 2 aliphatic rings. The van der Waals surface area contributed by atoms with Gasteiger partial charge in [0, 0.05) is 13.1 Å². The highest BCUT2D eigenvalue weighted by Crippen LogP contribution is 2.68. The number of nitrogen functional groups attached to an aromatic ring is 1. The van der Waals surface area contributed by atoms with Gasteiger partial charge in [-0.2, -0.15) is 5.10 Å². The first-order valence-corrected chi connectivity index (χ1v) is 7.93. The van der Waals surface area contributed by atoms with E-state index in [1.165, 1.54) is 19.3 Å². The number of nitrogens with zero attached hydrogens (tertiary/aromatic N) is 4. The number of hydrogen-bond acceptors (Lipinski definition) is 3. The van der Waals surface area contributed by atoms with E-state index in [1.54, 1.807) is 0 Å². The summed E-state index contributed by atoms with van der Waals surface area (Å²) in [6.45, 7) is 9.25. The number of anilines is 1. The average Bonchev–Trinajstić information content (AvgIpc) is 3.02. The van der Waals surface area contributed by atoms with Crippen molar-refractivity contribution in [3.63, 3.8) is 0 Å². The average molecular weight is 287 g/mol. The van der Waals surface area contributed by atoms with Crippen molar-refractivity contribution in [1.29, 1.82) is 0 Å². The molecule has 21 heavy (non-hydrogen) atoms. The zero-order valence-electron chi connectivity index (χ0n) is 13.6. The predicted molar refractivity (Wildman–Crippen MR) is 83.9 cm³/mol. The summed E-state index contributed by atoms with van der Waals surface area (Å²) >= 11 is 0. The van der Waals surface area contributed by atoms with E-state index in [4.69, 9.17) is 5.73 Å². The zero-order valence-corrected chi connectivity index (χ0v) is 13.6. The van der Waals surface area contributed by atoms with Gasteiger partial charge in [-0.15, -0.1) is 0 Å². The summed E-state index contributed by atoms with van der Waals surface area (Å²) in [5.74, 6) is 1.44. The molecule has 4 rings (SSSR count). The summed E-state index contributed by atoms with van der Waals surface area (Å²) in [4.78, 5) is 4.62. The number of imidazole rings is 1. The number of aromatic nitrogens is 4. The molecule has 2 aromatic rings. The van der Waals surface area contributed by atoms with Crippen LogP contribution in [0.2, 0.25) is 0 Å². The zero-order chi connectivity index (χ0) is 15.2. The Morgan fingerprint density at radius 2 is 2.00 bits per heavy atom. The molecule has 2 bridgehead atoms. The Balaban J connectivity index is 2.00. The molecule has 0 saturated heterocycles. The summed E-state index contributed by atoms with van der Waals surface area (Å²) in [6, 6.07) is 0.406. The minimum Gasteiger partial charge on any atom is -0.369 e. The first-order chi connectivity index (χ1) is 9.75. The summed E-state index contributed by atoms with van der Waals surface area (Å²) < 4.78 is 4.23. The highest BCUT2D eigenvalue weighted by atomic mass is 15.4. The molecule has 3 atom stereocenters. The van der Waals surface area contributed by atoms with Gasteiger partial charge in [0.1, 0.15) is 5.52 Å². The molecule has 2 fully saturated rings. The van der Waals surface area contributed by atoms with Crippen LogP contribution in [0, 0.1) is 23.7 Å². The van der Waals surface area contributed by atoms with Crippen LogP contribution in [0.15, 0.2) is 0 Å². The molecule has 0 amide bonds. The van der Waals surface area contributed by atoms with Crippen LogP contribution in [0.5, 0.6) is 0 Å². The third kappa shape index (κ3) is 1.42. The van der Waals surface area contributed by atoms with E-state index in [-0.39, 0.29) is 5.41 Å². The van der Waals surface area contributed by atoms with Crippen LogP contribution in [-0.4, -0.2) is 19.3 Å². The Morgan fingerprint density at radius 1 is 1.29 bits per heavy atom. The maximum Gasteiger partial charge on any atom is 0.202 e. The monoisotopic (exact) mass is 287 g/mol. The summed E-state index contributed by atoms with van der Waals surface area (Å²) in [7, 11) is 2.00. The molecule has 0 aromatic carbocycles. The van der Waals surface area contributed by atoms with Crippen LogP contribution in [-0.2, 0) is 7.05 Å². The summed E-state index contributed by atoms with van der Waals surface area (Å²) in [6.07, 6.45) is 3.95. The molecule has 0 radical (unpaired) electrons. The number of hydrogen-bond donors (Lipinski definition) is 1. The first kappa shape index (κ1) is 13.2. The molecule has 5 heteroatoms. The molecule has 2 aliphatic carbocycles. The molecule has 2 N–H and O–H groups in total. The fraction of sp³-hybridized carbons (Fsp3) is 0.750. The Hall–Kier alpha value is -1.52. The minimum atomic E-state index is 0.257. The van der Waals surface area contributed by atoms with Crippen molar-refractivity contribution in [3.05, 3.63) is 5.69 Å². The van der Waals surface area contributed by atoms with E-state index in [2.05, 4.69) is 35.4 Å². The van der Waals surface area contributed by atoms with Crippen LogP contribution < -0.4 is 5.73 Å². The molecular formula is C16H25N5. The normalized spacial score (nSPS) is 34.1. The third-order valence-electron chi connectivity index (χ3n) is 6.31. The number of nitrogens with two attached hydrogens (primary N) is 1. The molecule has 5 nitrogen and oxygen atoms in total. The van der Waals surface area contributed by atoms with Crippen molar-refractivity contribution in [2.24, 2.45) is 23.8 Å². The van der Waals surface area contributed by atoms with E-state index in [0.29, 0.717) is 17.4 Å². The second-order valence-electron chi connectivity index (χ2n) is 8.04. The number of aryl methyl sites for hydroxylation is 2. The van der Waals surface area contributed by atoms with Crippen LogP contribution in [0.4, 0.5) is 5.95 Å². The van der Waals surface area contributed by atoms with Crippen LogP contribution >= 0.6 is 0 Å². The lowest BCUT2D eigenvalue weighted by molar-refractivity contribution is 0.0873. The van der Waals surface area contributed by atoms with Gasteiger partial charge in [0.25, 0.3) is 0 Å². The van der Waals surface area contributed by atoms with E-state index in [0.717, 1.165) is 22.8 Å². The van der Waals surface area contributed by atoms with E-state index in [9.17, 15) is 0 Å². The van der Waals surface area contributed by atoms with Crippen molar-refractivity contribution in [2.45, 2.75) is 53.0 Å². The van der Waals surface area contributed by atoms with Crippen molar-refractivity contribution in [1.82, 2.24) is 19.3 Å². The highest BCUT2D eigenvalue weighted by Gasteiger charge is 2.60. The standard InChI is InChI=1S/C16H25N5/c1-9-11-12(20(5)19-9)21(14(17)18-11)13-15(2,3)10-6-7-16(13,4)8-10/h10,13H,6-8H2,1-5H3,(H2,17,18). The molecule has 0 spiro atoms. The van der Waals surface area contributed by atoms with E-state index < -0.39 is 0 Å². The molecule has 0 aliphatic heterocycles. The minimum absolute atomic E-state index is 0.257. The van der Waals surface area contributed by atoms with Crippen molar-refractivity contribution in [2.75, 3.05) is 5.73 Å². The Morgan fingerprint density at radius 3 is 2.62 bits per heavy atom. The molecule has 2 saturated carbocycles. The lowest BCUT2D eigenvalue weighted by Gasteiger charge is -2.43. The van der Waals surface area contributed by atoms with Gasteiger partial charge in [-0.25, -0.2) is 4.98 Å². The van der Waals surface area contributed by atoms with Gasteiger partial charge in [-0.05, 0) is 42.9 Å². The van der Waals surface area contributed by atoms with Crippen molar-refractivity contribution < 1.29 is 0 Å². The largest absolute Gasteiger partial charge is 0.369 e. The van der Waals surface area contributed by atoms with Crippen molar-refractivity contribution >= 4 is 17.1 Å². The van der Waals surface area contributed by atoms with Crippen molar-refractivity contribution in [3.8, 4) is 0 Å². The second kappa shape index (κ2) is 3.62. The van der Waals surface area contributed by atoms with Crippen LogP contribution in [0.25, 0.3) is 11.2 Å². The van der Waals surface area contributed by atoms with E-state index >= 15 is 0 Å². The molecule has 2 aromatic heterocycles. The van der Waals surface area contributed by atoms with Gasteiger partial charge in [0.15, 0.2) is 5.65 Å². The molecule has 3 unspecified atom stereocenters. The van der Waals surface area contributed by atoms with Gasteiger partial charge < -0.3 is 5.73 Å². The number of rotatable bonds is 1. The van der Waals surface area contributed by atoms with Gasteiger partial charge in [-0.1, -0.05) is 20.8 Å². The highest BCUT2D eigenvalue weighted by molar-refractivity contribution is 5.77. The number of fused-ring (bicyclic) bond motifs is 3. The third-order valence-corrected chi connectivity index (χ3v) is 6.31. The van der Waals surface area contributed by atoms with Gasteiger partial charge in [0.2, 0.25) is 5.95 Å². The lowest BCUT2D eigenvalue weighted by atomic mass is 9.68. The Kier molecular flexibility index (Phi) is 2.27. The van der Waals surface area contributed by atoms with Crippen LogP contribution in [0.3, 0.4) is 0 Å². The molecular weight excluding hydrogens is 262 g/mol. The summed E-state index contributed by atoms with van der Waals surface area (Å²) in [5.41, 5.74) is 9.92. The smallest absolute Gasteiger partial charge is 0.202 e. The predicted octanol–water partition coefficient (Wildman–Crippen LogP) is 3.05. The SMILES string of the molecule is Cc1nn(C)c2c1nc(N)n2C1C2(C)CCC(C2)C1(C)C. The fourth-order valence-electron chi connectivity index (χ4n) is 5.49. The van der Waals surface area contributed by atoms with Gasteiger partial charge >= 0.3 is 0 Å². The fourth-order valence-corrected chi connectivity index (χ4v) is 5.49. The first-order valence-electron chi connectivity index (χ1n) is 7.93. The Labute approximate surface area is 125 Å². The maximum absolute atomic E-state index is 6.34.